The smallest absolute Gasteiger partial charge is 0.253 e. The fourth-order valence-electron chi connectivity index (χ4n) is 1.32. The molecule has 4 heteroatoms. The van der Waals surface area contributed by atoms with Gasteiger partial charge in [-0.05, 0) is 26.2 Å². The number of ether oxygens (including phenoxy) is 1. The molecule has 0 aromatic rings. The van der Waals surface area contributed by atoms with Crippen molar-refractivity contribution in [2.24, 2.45) is 11.7 Å². The van der Waals surface area contributed by atoms with E-state index < -0.39 is 5.60 Å². The van der Waals surface area contributed by atoms with E-state index in [9.17, 15) is 4.79 Å². The van der Waals surface area contributed by atoms with E-state index in [1.54, 1.807) is 32.9 Å². The molecule has 0 aliphatic heterocycles. The molecule has 1 unspecified atom stereocenters. The number of carbonyl (C=O) groups is 1. The van der Waals surface area contributed by atoms with E-state index in [0.717, 1.165) is 6.42 Å². The first-order chi connectivity index (χ1) is 7.22. The molecule has 0 radical (unpaired) electrons. The second-order valence-corrected chi connectivity index (χ2v) is 5.14. The zero-order valence-corrected chi connectivity index (χ0v) is 11.4. The summed E-state index contributed by atoms with van der Waals surface area (Å²) in [5.74, 6) is 0.435. The molecular formula is C12H26N2O2. The Labute approximate surface area is 99.1 Å². The van der Waals surface area contributed by atoms with Crippen LogP contribution in [0.25, 0.3) is 0 Å². The number of hydrogen-bond acceptors (Lipinski definition) is 3. The van der Waals surface area contributed by atoms with Crippen molar-refractivity contribution >= 4 is 5.91 Å². The Bertz CT molecular complexity index is 227. The summed E-state index contributed by atoms with van der Waals surface area (Å²) in [5, 5.41) is 0. The monoisotopic (exact) mass is 230 g/mol. The maximum Gasteiger partial charge on any atom is 0.253 e. The van der Waals surface area contributed by atoms with Crippen LogP contribution in [0.3, 0.4) is 0 Å². The lowest BCUT2D eigenvalue weighted by Gasteiger charge is -2.29. The average Bonchev–Trinajstić information content (AvgIpc) is 2.23. The van der Waals surface area contributed by atoms with Gasteiger partial charge in [-0.1, -0.05) is 13.8 Å². The van der Waals surface area contributed by atoms with Crippen molar-refractivity contribution in [1.29, 1.82) is 0 Å². The van der Waals surface area contributed by atoms with Gasteiger partial charge in [0.1, 0.15) is 5.60 Å². The highest BCUT2D eigenvalue weighted by Gasteiger charge is 2.30. The topological polar surface area (TPSA) is 55.6 Å². The third-order valence-corrected chi connectivity index (χ3v) is 3.03. The maximum absolute atomic E-state index is 11.9. The Hall–Kier alpha value is -0.610. The summed E-state index contributed by atoms with van der Waals surface area (Å²) in [6.45, 7) is 8.39. The fraction of sp³-hybridized carbons (Fsp3) is 0.917. The van der Waals surface area contributed by atoms with Crippen molar-refractivity contribution in [1.82, 2.24) is 4.90 Å². The molecule has 96 valence electrons. The number of methoxy groups -OCH3 is 1. The Kier molecular flexibility index (Phi) is 5.97. The molecule has 0 fully saturated rings. The summed E-state index contributed by atoms with van der Waals surface area (Å²) in [5.41, 5.74) is 5.18. The minimum absolute atomic E-state index is 0.00837. The van der Waals surface area contributed by atoms with Crippen LogP contribution in [0.2, 0.25) is 0 Å². The molecule has 4 nitrogen and oxygen atoms in total. The largest absolute Gasteiger partial charge is 0.369 e. The van der Waals surface area contributed by atoms with E-state index in [1.165, 1.54) is 0 Å². The molecule has 0 spiro atoms. The van der Waals surface area contributed by atoms with Gasteiger partial charge >= 0.3 is 0 Å². The molecule has 16 heavy (non-hydrogen) atoms. The highest BCUT2D eigenvalue weighted by Crippen LogP contribution is 2.12. The molecule has 0 saturated heterocycles. The van der Waals surface area contributed by atoms with E-state index in [0.29, 0.717) is 12.5 Å². The summed E-state index contributed by atoms with van der Waals surface area (Å²) < 4.78 is 5.15. The molecule has 1 atom stereocenters. The molecule has 0 saturated carbocycles. The van der Waals surface area contributed by atoms with E-state index in [1.807, 2.05) is 0 Å². The summed E-state index contributed by atoms with van der Waals surface area (Å²) in [7, 11) is 3.34. The third-order valence-electron chi connectivity index (χ3n) is 3.03. The zero-order valence-electron chi connectivity index (χ0n) is 11.4. The molecule has 0 bridgehead atoms. The quantitative estimate of drug-likeness (QED) is 0.747. The Balaban J connectivity index is 4.17. The van der Waals surface area contributed by atoms with Crippen LogP contribution in [0.4, 0.5) is 0 Å². The minimum atomic E-state index is -0.753. The van der Waals surface area contributed by atoms with Gasteiger partial charge in [-0.15, -0.1) is 0 Å². The van der Waals surface area contributed by atoms with Crippen molar-refractivity contribution in [2.75, 3.05) is 20.7 Å². The second kappa shape index (κ2) is 6.21. The predicted molar refractivity (Wildman–Crippen MR) is 66.2 cm³/mol. The lowest BCUT2D eigenvalue weighted by Crippen LogP contribution is -2.46. The Morgan fingerprint density at radius 1 is 1.44 bits per heavy atom. The number of amides is 1. The number of nitrogens with zero attached hydrogens (tertiary/aromatic N) is 1. The van der Waals surface area contributed by atoms with E-state index in [-0.39, 0.29) is 11.9 Å². The minimum Gasteiger partial charge on any atom is -0.369 e. The molecule has 2 N–H and O–H groups in total. The molecule has 0 aliphatic carbocycles. The maximum atomic E-state index is 11.9. The molecule has 0 aliphatic rings. The molecule has 0 aromatic heterocycles. The van der Waals surface area contributed by atoms with Gasteiger partial charge in [0.05, 0.1) is 0 Å². The third kappa shape index (κ3) is 4.49. The van der Waals surface area contributed by atoms with Gasteiger partial charge in [-0.2, -0.15) is 0 Å². The summed E-state index contributed by atoms with van der Waals surface area (Å²) in [6, 6.07) is 0.140. The van der Waals surface area contributed by atoms with Gasteiger partial charge in [0.15, 0.2) is 0 Å². The highest BCUT2D eigenvalue weighted by atomic mass is 16.5. The van der Waals surface area contributed by atoms with Gasteiger partial charge in [0, 0.05) is 26.7 Å². The van der Waals surface area contributed by atoms with Crippen LogP contribution in [0, 0.1) is 5.92 Å². The van der Waals surface area contributed by atoms with Gasteiger partial charge in [0.2, 0.25) is 0 Å². The first kappa shape index (κ1) is 15.4. The SMILES string of the molecule is COC(C)(C)C(=O)N(C)CCC(N)C(C)C. The van der Waals surface area contributed by atoms with Crippen LogP contribution < -0.4 is 5.73 Å². The molecule has 0 heterocycles. The van der Waals surface area contributed by atoms with Crippen molar-refractivity contribution in [3.05, 3.63) is 0 Å². The van der Waals surface area contributed by atoms with Gasteiger partial charge in [-0.3, -0.25) is 4.79 Å². The number of likely N-dealkylation sites (N-methyl/N-ethyl adjacent to an activating group) is 1. The number of nitrogens with two attached hydrogens (primary N) is 1. The van der Waals surface area contributed by atoms with Crippen molar-refractivity contribution < 1.29 is 9.53 Å². The predicted octanol–water partition coefficient (Wildman–Crippen LogP) is 1.24. The van der Waals surface area contributed by atoms with Gasteiger partial charge < -0.3 is 15.4 Å². The van der Waals surface area contributed by atoms with E-state index >= 15 is 0 Å². The standard InChI is InChI=1S/C12H26N2O2/c1-9(2)10(13)7-8-14(5)11(15)12(3,4)16-6/h9-10H,7-8,13H2,1-6H3. The highest BCUT2D eigenvalue weighted by molar-refractivity contribution is 5.84. The molecule has 1 amide bonds. The van der Waals surface area contributed by atoms with Gasteiger partial charge in [-0.25, -0.2) is 0 Å². The zero-order chi connectivity index (χ0) is 12.9. The Morgan fingerprint density at radius 2 is 1.94 bits per heavy atom. The van der Waals surface area contributed by atoms with Crippen molar-refractivity contribution in [2.45, 2.75) is 45.8 Å². The number of rotatable bonds is 6. The molecular weight excluding hydrogens is 204 g/mol. The van der Waals surface area contributed by atoms with E-state index in [4.69, 9.17) is 10.5 Å². The summed E-state index contributed by atoms with van der Waals surface area (Å²) in [6.07, 6.45) is 0.819. The lowest BCUT2D eigenvalue weighted by atomic mass is 10.0. The van der Waals surface area contributed by atoms with Crippen LogP contribution in [-0.2, 0) is 9.53 Å². The number of hydrogen-bond donors (Lipinski definition) is 1. The van der Waals surface area contributed by atoms with Crippen LogP contribution in [-0.4, -0.2) is 43.2 Å². The Morgan fingerprint density at radius 3 is 2.31 bits per heavy atom. The molecule has 0 rings (SSSR count). The number of carbonyl (C=O) groups excluding carboxylic acids is 1. The van der Waals surface area contributed by atoms with Crippen LogP contribution in [0.15, 0.2) is 0 Å². The van der Waals surface area contributed by atoms with Crippen molar-refractivity contribution in [3.8, 4) is 0 Å². The van der Waals surface area contributed by atoms with Crippen LogP contribution in [0.5, 0.6) is 0 Å². The van der Waals surface area contributed by atoms with Crippen LogP contribution in [0.1, 0.15) is 34.1 Å². The average molecular weight is 230 g/mol. The van der Waals surface area contributed by atoms with E-state index in [2.05, 4.69) is 13.8 Å². The fourth-order valence-corrected chi connectivity index (χ4v) is 1.32. The normalized spacial score (nSPS) is 14.0. The second-order valence-electron chi connectivity index (χ2n) is 5.14. The first-order valence-corrected chi connectivity index (χ1v) is 5.78. The molecule has 0 aromatic carbocycles. The van der Waals surface area contributed by atoms with Gasteiger partial charge in [0.25, 0.3) is 5.91 Å². The lowest BCUT2D eigenvalue weighted by molar-refractivity contribution is -0.149. The summed E-state index contributed by atoms with van der Waals surface area (Å²) >= 11 is 0. The van der Waals surface area contributed by atoms with Crippen molar-refractivity contribution in [3.63, 3.8) is 0 Å². The van der Waals surface area contributed by atoms with Crippen LogP contribution >= 0.6 is 0 Å². The first-order valence-electron chi connectivity index (χ1n) is 5.78. The summed E-state index contributed by atoms with van der Waals surface area (Å²) in [4.78, 5) is 13.6.